The highest BCUT2D eigenvalue weighted by molar-refractivity contribution is 7.89. The number of sulfonamides is 1. The lowest BCUT2D eigenvalue weighted by Gasteiger charge is -2.34. The van der Waals surface area contributed by atoms with Crippen molar-refractivity contribution in [3.8, 4) is 0 Å². The van der Waals surface area contributed by atoms with Gasteiger partial charge in [-0.3, -0.25) is 4.79 Å². The van der Waals surface area contributed by atoms with Crippen LogP contribution in [0.1, 0.15) is 10.5 Å². The number of amides is 1. The summed E-state index contributed by atoms with van der Waals surface area (Å²) in [5.74, 6) is -0.361. The molecule has 1 saturated heterocycles. The number of hydrogen-bond donors (Lipinski definition) is 0. The van der Waals surface area contributed by atoms with Gasteiger partial charge >= 0.3 is 0 Å². The highest BCUT2D eigenvalue weighted by Gasteiger charge is 2.31. The highest BCUT2D eigenvalue weighted by atomic mass is 35.5. The van der Waals surface area contributed by atoms with Crippen molar-refractivity contribution in [1.29, 1.82) is 0 Å². The molecule has 9 heteroatoms. The summed E-state index contributed by atoms with van der Waals surface area (Å²) >= 11 is 11.9. The van der Waals surface area contributed by atoms with Gasteiger partial charge in [0.15, 0.2) is 0 Å². The molecule has 0 bridgehead atoms. The zero-order valence-corrected chi connectivity index (χ0v) is 17.6. The van der Waals surface area contributed by atoms with Crippen molar-refractivity contribution in [3.63, 3.8) is 0 Å². The molecule has 29 heavy (non-hydrogen) atoms. The van der Waals surface area contributed by atoms with E-state index in [0.717, 1.165) is 10.8 Å². The molecule has 0 radical (unpaired) electrons. The van der Waals surface area contributed by atoms with Crippen LogP contribution >= 0.6 is 23.2 Å². The monoisotopic (exact) mass is 449 g/mol. The smallest absolute Gasteiger partial charge is 0.274 e. The normalized spacial score (nSPS) is 15.6. The van der Waals surface area contributed by atoms with Gasteiger partial charge in [-0.1, -0.05) is 53.5 Å². The number of aromatic nitrogens is 1. The fraction of sp³-hybridized carbons (Fsp3) is 0.200. The number of nitrogens with zero attached hydrogens (tertiary/aromatic N) is 3. The molecule has 0 aliphatic carbocycles. The van der Waals surface area contributed by atoms with E-state index >= 15 is 0 Å². The molecule has 2 heterocycles. The van der Waals surface area contributed by atoms with E-state index in [1.54, 1.807) is 18.2 Å². The van der Waals surface area contributed by atoms with E-state index in [1.807, 2.05) is 24.3 Å². The second-order valence-corrected chi connectivity index (χ2v) is 9.40. The Labute approximate surface area is 178 Å². The fourth-order valence-electron chi connectivity index (χ4n) is 3.33. The van der Waals surface area contributed by atoms with Gasteiger partial charge in [-0.05, 0) is 35.0 Å². The van der Waals surface area contributed by atoms with Gasteiger partial charge in [-0.2, -0.15) is 4.31 Å². The first-order chi connectivity index (χ1) is 13.9. The van der Waals surface area contributed by atoms with Crippen LogP contribution in [0.3, 0.4) is 0 Å². The van der Waals surface area contributed by atoms with Gasteiger partial charge in [0.25, 0.3) is 5.91 Å². The van der Waals surface area contributed by atoms with Crippen LogP contribution in [-0.4, -0.2) is 54.7 Å². The number of pyridine rings is 1. The zero-order chi connectivity index (χ0) is 20.6. The third-order valence-electron chi connectivity index (χ3n) is 4.90. The number of carbonyl (C=O) groups excluding carboxylic acids is 1. The first kappa shape index (κ1) is 20.1. The van der Waals surface area contributed by atoms with Crippen molar-refractivity contribution in [1.82, 2.24) is 14.2 Å². The van der Waals surface area contributed by atoms with Crippen LogP contribution in [0.2, 0.25) is 10.2 Å². The maximum Gasteiger partial charge on any atom is 0.274 e. The van der Waals surface area contributed by atoms with Crippen molar-refractivity contribution in [3.05, 3.63) is 70.5 Å². The predicted molar refractivity (Wildman–Crippen MR) is 113 cm³/mol. The van der Waals surface area contributed by atoms with Gasteiger partial charge in [0.2, 0.25) is 10.0 Å². The van der Waals surface area contributed by atoms with E-state index in [1.165, 1.54) is 21.3 Å². The first-order valence-corrected chi connectivity index (χ1v) is 11.2. The second-order valence-electron chi connectivity index (χ2n) is 6.67. The summed E-state index contributed by atoms with van der Waals surface area (Å²) in [6.45, 7) is 0.879. The maximum absolute atomic E-state index is 13.0. The van der Waals surface area contributed by atoms with Crippen LogP contribution in [0.15, 0.2) is 59.5 Å². The molecule has 150 valence electrons. The third kappa shape index (κ3) is 3.96. The van der Waals surface area contributed by atoms with Gasteiger partial charge < -0.3 is 4.90 Å². The van der Waals surface area contributed by atoms with Crippen LogP contribution in [0.25, 0.3) is 10.8 Å². The summed E-state index contributed by atoms with van der Waals surface area (Å²) in [7, 11) is -3.65. The summed E-state index contributed by atoms with van der Waals surface area (Å²) in [6, 6.07) is 15.7. The number of fused-ring (bicyclic) bond motifs is 1. The third-order valence-corrected chi connectivity index (χ3v) is 7.31. The molecule has 0 saturated carbocycles. The Bertz CT molecular complexity index is 1190. The average Bonchev–Trinajstić information content (AvgIpc) is 2.74. The maximum atomic E-state index is 13.0. The van der Waals surface area contributed by atoms with Gasteiger partial charge in [0.05, 0.1) is 9.92 Å². The quantitative estimate of drug-likeness (QED) is 0.571. The molecule has 1 aliphatic rings. The van der Waals surface area contributed by atoms with E-state index in [9.17, 15) is 13.2 Å². The molecule has 4 rings (SSSR count). The molecule has 1 amide bonds. The van der Waals surface area contributed by atoms with E-state index in [4.69, 9.17) is 23.2 Å². The summed E-state index contributed by atoms with van der Waals surface area (Å²) in [4.78, 5) is 18.5. The molecule has 0 spiro atoms. The Morgan fingerprint density at radius 3 is 2.31 bits per heavy atom. The summed E-state index contributed by atoms with van der Waals surface area (Å²) in [6.07, 6.45) is 0. The number of carbonyl (C=O) groups is 1. The average molecular weight is 450 g/mol. The van der Waals surface area contributed by atoms with E-state index in [0.29, 0.717) is 0 Å². The van der Waals surface area contributed by atoms with E-state index in [2.05, 4.69) is 4.98 Å². The SMILES string of the molecule is O=C(c1nc(Cl)ccc1Cl)N1CCN(S(=O)(=O)c2ccc3ccccc3c2)CC1. The number of hydrogen-bond acceptors (Lipinski definition) is 4. The minimum atomic E-state index is -3.65. The summed E-state index contributed by atoms with van der Waals surface area (Å²) in [5.41, 5.74) is 0.0741. The van der Waals surface area contributed by atoms with Crippen LogP contribution in [0, 0.1) is 0 Å². The van der Waals surface area contributed by atoms with Crippen LogP contribution in [0.4, 0.5) is 0 Å². The number of benzene rings is 2. The molecule has 6 nitrogen and oxygen atoms in total. The van der Waals surface area contributed by atoms with Crippen LogP contribution in [0.5, 0.6) is 0 Å². The number of rotatable bonds is 3. The topological polar surface area (TPSA) is 70.6 Å². The molecule has 1 fully saturated rings. The van der Waals surface area contributed by atoms with Crippen LogP contribution in [-0.2, 0) is 10.0 Å². The molecule has 3 aromatic rings. The van der Waals surface area contributed by atoms with Crippen LogP contribution < -0.4 is 0 Å². The van der Waals surface area contributed by atoms with Crippen molar-refractivity contribution < 1.29 is 13.2 Å². The minimum absolute atomic E-state index is 0.0741. The lowest BCUT2D eigenvalue weighted by atomic mass is 10.1. The molecule has 0 atom stereocenters. The first-order valence-electron chi connectivity index (χ1n) is 8.96. The second kappa shape index (κ2) is 7.91. The van der Waals surface area contributed by atoms with Crippen molar-refractivity contribution in [2.24, 2.45) is 0 Å². The standard InChI is InChI=1S/C20H17Cl2N3O3S/c21-17-7-8-18(22)23-19(17)20(26)24-9-11-25(12-10-24)29(27,28)16-6-5-14-3-1-2-4-15(14)13-16/h1-8,13H,9-12H2. The Balaban J connectivity index is 1.51. The molecular formula is C20H17Cl2N3O3S. The molecule has 0 N–H and O–H groups in total. The van der Waals surface area contributed by atoms with Gasteiger partial charge in [-0.25, -0.2) is 13.4 Å². The Kier molecular flexibility index (Phi) is 5.48. The zero-order valence-electron chi connectivity index (χ0n) is 15.3. The highest BCUT2D eigenvalue weighted by Crippen LogP contribution is 2.24. The van der Waals surface area contributed by atoms with Crippen molar-refractivity contribution in [2.75, 3.05) is 26.2 Å². The lowest BCUT2D eigenvalue weighted by molar-refractivity contribution is 0.0692. The molecule has 1 aliphatic heterocycles. The Hall–Kier alpha value is -2.19. The number of halogens is 2. The van der Waals surface area contributed by atoms with E-state index in [-0.39, 0.29) is 52.9 Å². The van der Waals surface area contributed by atoms with Gasteiger partial charge in [0.1, 0.15) is 10.8 Å². The summed E-state index contributed by atoms with van der Waals surface area (Å²) < 4.78 is 27.5. The molecule has 0 unspecified atom stereocenters. The lowest BCUT2D eigenvalue weighted by Crippen LogP contribution is -2.50. The van der Waals surface area contributed by atoms with Crippen molar-refractivity contribution >= 4 is 49.9 Å². The van der Waals surface area contributed by atoms with Gasteiger partial charge in [-0.15, -0.1) is 0 Å². The van der Waals surface area contributed by atoms with Gasteiger partial charge in [0, 0.05) is 26.2 Å². The fourth-order valence-corrected chi connectivity index (χ4v) is 5.12. The molecule has 2 aromatic carbocycles. The molecular weight excluding hydrogens is 433 g/mol. The Morgan fingerprint density at radius 1 is 0.897 bits per heavy atom. The van der Waals surface area contributed by atoms with E-state index < -0.39 is 10.0 Å². The molecule has 1 aromatic heterocycles. The Morgan fingerprint density at radius 2 is 1.59 bits per heavy atom. The minimum Gasteiger partial charge on any atom is -0.335 e. The van der Waals surface area contributed by atoms with Crippen molar-refractivity contribution in [2.45, 2.75) is 4.90 Å². The largest absolute Gasteiger partial charge is 0.335 e. The summed E-state index contributed by atoms with van der Waals surface area (Å²) in [5, 5.41) is 2.23. The predicted octanol–water partition coefficient (Wildman–Crippen LogP) is 3.69. The number of piperazine rings is 1.